The zero-order valence-electron chi connectivity index (χ0n) is 14.4. The molecule has 1 aliphatic rings. The average Bonchev–Trinajstić information content (AvgIpc) is 3.34. The summed E-state index contributed by atoms with van der Waals surface area (Å²) in [5, 5.41) is 11.0. The number of hydrogen-bond acceptors (Lipinski definition) is 4. The highest BCUT2D eigenvalue weighted by Crippen LogP contribution is 2.24. The topological polar surface area (TPSA) is 83.1 Å². The number of nitrogens with zero attached hydrogens (tertiary/aromatic N) is 1. The first-order chi connectivity index (χ1) is 13.2. The highest BCUT2D eigenvalue weighted by molar-refractivity contribution is 7.13. The summed E-state index contributed by atoms with van der Waals surface area (Å²) in [4.78, 5) is 28.5. The summed E-state index contributed by atoms with van der Waals surface area (Å²) in [6.07, 6.45) is 2.09. The third-order valence-electron chi connectivity index (χ3n) is 4.07. The summed E-state index contributed by atoms with van der Waals surface area (Å²) in [5.74, 6) is -0.263. The smallest absolute Gasteiger partial charge is 0.319 e. The second-order valence-corrected chi connectivity index (χ2v) is 7.17. The third kappa shape index (κ3) is 4.51. The van der Waals surface area contributed by atoms with E-state index in [1.807, 2.05) is 30.3 Å². The van der Waals surface area contributed by atoms with E-state index in [-0.39, 0.29) is 11.9 Å². The largest absolute Gasteiger partial charge is 0.335 e. The monoisotopic (exact) mass is 378 g/mol. The molecule has 6 nitrogen and oxygen atoms in total. The molecule has 136 valence electrons. The molecule has 0 aliphatic heterocycles. The number of carbonyl (C=O) groups is 2. The van der Waals surface area contributed by atoms with Crippen molar-refractivity contribution in [3.05, 3.63) is 65.7 Å². The Balaban J connectivity index is 1.36. The van der Waals surface area contributed by atoms with Crippen molar-refractivity contribution in [2.45, 2.75) is 18.9 Å². The predicted molar refractivity (Wildman–Crippen MR) is 107 cm³/mol. The fraction of sp³-hybridized carbons (Fsp3) is 0.150. The van der Waals surface area contributed by atoms with Gasteiger partial charge in [0.2, 0.25) is 0 Å². The standard InChI is InChI=1S/C20H18N4O2S/c25-18(17-12-27-19(24-17)13-4-2-1-3-5-13)21-14-6-8-15(9-7-14)22-20(26)23-16-10-11-16/h1-9,12,16H,10-11H2,(H,21,25)(H2,22,23,26). The Morgan fingerprint density at radius 1 is 0.926 bits per heavy atom. The van der Waals surface area contributed by atoms with Crippen LogP contribution in [-0.2, 0) is 0 Å². The van der Waals surface area contributed by atoms with E-state index in [1.165, 1.54) is 11.3 Å². The van der Waals surface area contributed by atoms with Gasteiger partial charge in [0, 0.05) is 28.4 Å². The molecule has 3 amide bonds. The minimum absolute atomic E-state index is 0.204. The van der Waals surface area contributed by atoms with Crippen LogP contribution < -0.4 is 16.0 Å². The first kappa shape index (κ1) is 17.2. The molecule has 0 bridgehead atoms. The van der Waals surface area contributed by atoms with Crippen molar-refractivity contribution in [2.75, 3.05) is 10.6 Å². The Bertz CT molecular complexity index is 950. The van der Waals surface area contributed by atoms with Gasteiger partial charge >= 0.3 is 6.03 Å². The van der Waals surface area contributed by atoms with Crippen LogP contribution in [0.15, 0.2) is 60.0 Å². The average molecular weight is 378 g/mol. The Morgan fingerprint density at radius 3 is 2.26 bits per heavy atom. The van der Waals surface area contributed by atoms with Crippen molar-refractivity contribution in [3.8, 4) is 10.6 Å². The summed E-state index contributed by atoms with van der Waals surface area (Å²) < 4.78 is 0. The van der Waals surface area contributed by atoms with Gasteiger partial charge in [-0.2, -0.15) is 0 Å². The van der Waals surface area contributed by atoms with Gasteiger partial charge in [-0.1, -0.05) is 30.3 Å². The first-order valence-corrected chi connectivity index (χ1v) is 9.55. The maximum absolute atomic E-state index is 12.4. The number of rotatable bonds is 5. The van der Waals surface area contributed by atoms with Crippen molar-refractivity contribution in [1.29, 1.82) is 0 Å². The molecular weight excluding hydrogens is 360 g/mol. The number of amides is 3. The molecule has 2 aromatic carbocycles. The predicted octanol–water partition coefficient (Wildman–Crippen LogP) is 4.35. The van der Waals surface area contributed by atoms with Crippen molar-refractivity contribution >= 4 is 34.6 Å². The van der Waals surface area contributed by atoms with Gasteiger partial charge in [0.15, 0.2) is 0 Å². The van der Waals surface area contributed by atoms with Gasteiger partial charge in [-0.25, -0.2) is 9.78 Å². The van der Waals surface area contributed by atoms with Crippen LogP contribution in [-0.4, -0.2) is 23.0 Å². The van der Waals surface area contributed by atoms with Crippen LogP contribution in [0.2, 0.25) is 0 Å². The van der Waals surface area contributed by atoms with Crippen LogP contribution in [0.3, 0.4) is 0 Å². The number of carbonyl (C=O) groups excluding carboxylic acids is 2. The van der Waals surface area contributed by atoms with Gasteiger partial charge in [0.25, 0.3) is 5.91 Å². The number of urea groups is 1. The molecule has 7 heteroatoms. The number of hydrogen-bond donors (Lipinski definition) is 3. The fourth-order valence-electron chi connectivity index (χ4n) is 2.50. The van der Waals surface area contributed by atoms with Crippen LogP contribution in [0, 0.1) is 0 Å². The molecule has 0 spiro atoms. The molecule has 1 saturated carbocycles. The molecule has 1 heterocycles. The molecule has 1 fully saturated rings. The molecule has 1 aromatic heterocycles. The van der Waals surface area contributed by atoms with E-state index in [4.69, 9.17) is 0 Å². The number of thiazole rings is 1. The summed E-state index contributed by atoms with van der Waals surface area (Å²) in [7, 11) is 0. The van der Waals surface area contributed by atoms with Crippen LogP contribution >= 0.6 is 11.3 Å². The number of aromatic nitrogens is 1. The summed E-state index contributed by atoms with van der Waals surface area (Å²) in [6, 6.07) is 16.8. The normalized spacial score (nSPS) is 13.0. The van der Waals surface area contributed by atoms with Gasteiger partial charge in [0.05, 0.1) is 0 Å². The van der Waals surface area contributed by atoms with E-state index in [9.17, 15) is 9.59 Å². The summed E-state index contributed by atoms with van der Waals surface area (Å²) in [5.41, 5.74) is 2.68. The van der Waals surface area contributed by atoms with E-state index in [2.05, 4.69) is 20.9 Å². The molecule has 3 aromatic rings. The van der Waals surface area contributed by atoms with E-state index in [0.717, 1.165) is 23.4 Å². The van der Waals surface area contributed by atoms with E-state index < -0.39 is 0 Å². The second-order valence-electron chi connectivity index (χ2n) is 6.31. The van der Waals surface area contributed by atoms with Crippen LogP contribution in [0.4, 0.5) is 16.2 Å². The molecule has 0 radical (unpaired) electrons. The van der Waals surface area contributed by atoms with Crippen molar-refractivity contribution in [1.82, 2.24) is 10.3 Å². The molecule has 0 atom stereocenters. The highest BCUT2D eigenvalue weighted by Gasteiger charge is 2.23. The number of anilines is 2. The van der Waals surface area contributed by atoms with E-state index >= 15 is 0 Å². The van der Waals surface area contributed by atoms with Gasteiger partial charge < -0.3 is 16.0 Å². The molecule has 1 aliphatic carbocycles. The van der Waals surface area contributed by atoms with Crippen LogP contribution in [0.5, 0.6) is 0 Å². The third-order valence-corrected chi connectivity index (χ3v) is 4.96. The molecule has 0 unspecified atom stereocenters. The minimum atomic E-state index is -0.263. The Kier molecular flexibility index (Phi) is 4.84. The molecule has 0 saturated heterocycles. The minimum Gasteiger partial charge on any atom is -0.335 e. The lowest BCUT2D eigenvalue weighted by Gasteiger charge is -2.08. The fourth-order valence-corrected chi connectivity index (χ4v) is 3.31. The lowest BCUT2D eigenvalue weighted by Crippen LogP contribution is -2.30. The maximum atomic E-state index is 12.4. The molecule has 3 N–H and O–H groups in total. The molecule has 4 rings (SSSR count). The molecular formula is C20H18N4O2S. The maximum Gasteiger partial charge on any atom is 0.319 e. The van der Waals surface area contributed by atoms with Crippen molar-refractivity contribution in [2.24, 2.45) is 0 Å². The Morgan fingerprint density at radius 2 is 1.59 bits per heavy atom. The van der Waals surface area contributed by atoms with Crippen molar-refractivity contribution < 1.29 is 9.59 Å². The van der Waals surface area contributed by atoms with Crippen molar-refractivity contribution in [3.63, 3.8) is 0 Å². The van der Waals surface area contributed by atoms with Gasteiger partial charge in [-0.05, 0) is 37.1 Å². The van der Waals surface area contributed by atoms with Crippen LogP contribution in [0.1, 0.15) is 23.3 Å². The summed E-state index contributed by atoms with van der Waals surface area (Å²) >= 11 is 1.43. The van der Waals surface area contributed by atoms with E-state index in [1.54, 1.807) is 29.6 Å². The second kappa shape index (κ2) is 7.59. The van der Waals surface area contributed by atoms with Gasteiger partial charge in [-0.3, -0.25) is 4.79 Å². The van der Waals surface area contributed by atoms with E-state index in [0.29, 0.717) is 23.1 Å². The highest BCUT2D eigenvalue weighted by atomic mass is 32.1. The number of nitrogens with one attached hydrogen (secondary N) is 3. The first-order valence-electron chi connectivity index (χ1n) is 8.67. The summed E-state index contributed by atoms with van der Waals surface area (Å²) in [6.45, 7) is 0. The lowest BCUT2D eigenvalue weighted by molar-refractivity contribution is 0.102. The van der Waals surface area contributed by atoms with Crippen LogP contribution in [0.25, 0.3) is 10.6 Å². The Labute approximate surface area is 160 Å². The number of benzene rings is 2. The SMILES string of the molecule is O=C(Nc1ccc(NC(=O)c2csc(-c3ccccc3)n2)cc1)NC1CC1. The Hall–Kier alpha value is -3.19. The van der Waals surface area contributed by atoms with Gasteiger partial charge in [-0.15, -0.1) is 11.3 Å². The zero-order valence-corrected chi connectivity index (χ0v) is 15.3. The van der Waals surface area contributed by atoms with Gasteiger partial charge in [0.1, 0.15) is 10.7 Å². The molecule has 27 heavy (non-hydrogen) atoms. The quantitative estimate of drug-likeness (QED) is 0.617. The lowest BCUT2D eigenvalue weighted by atomic mass is 10.2. The zero-order chi connectivity index (χ0) is 18.6.